The summed E-state index contributed by atoms with van der Waals surface area (Å²) in [6.07, 6.45) is 1.67. The molecular weight excluding hydrogens is 221 g/mol. The first-order valence-corrected chi connectivity index (χ1v) is 5.97. The molecule has 2 aliphatic heterocycles. The highest BCUT2D eigenvalue weighted by molar-refractivity contribution is 5.42. The Morgan fingerprint density at radius 3 is 2.82 bits per heavy atom. The van der Waals surface area contributed by atoms with Crippen LogP contribution < -0.4 is 10.1 Å². The van der Waals surface area contributed by atoms with E-state index in [9.17, 15) is 4.39 Å². The Bertz CT molecular complexity index is 441. The average molecular weight is 237 g/mol. The third kappa shape index (κ3) is 1.63. The van der Waals surface area contributed by atoms with Crippen LogP contribution in [0.5, 0.6) is 5.75 Å². The minimum atomic E-state index is -0.406. The first kappa shape index (κ1) is 11.0. The molecule has 0 amide bonds. The summed E-state index contributed by atoms with van der Waals surface area (Å²) in [6.45, 7) is 2.25. The van der Waals surface area contributed by atoms with E-state index in [0.717, 1.165) is 37.1 Å². The maximum atomic E-state index is 14.2. The molecule has 1 aromatic carbocycles. The summed E-state index contributed by atoms with van der Waals surface area (Å²) in [5, 5.41) is 3.28. The lowest BCUT2D eigenvalue weighted by Gasteiger charge is -2.34. The number of rotatable bonds is 1. The molecule has 0 aromatic heterocycles. The number of halogens is 1. The van der Waals surface area contributed by atoms with Crippen LogP contribution in [0.1, 0.15) is 24.0 Å². The quantitative estimate of drug-likeness (QED) is 0.809. The molecular formula is C13H16FNO2. The van der Waals surface area contributed by atoms with Crippen molar-refractivity contribution in [1.29, 1.82) is 0 Å². The summed E-state index contributed by atoms with van der Waals surface area (Å²) in [6, 6.07) is 3.34. The van der Waals surface area contributed by atoms with Gasteiger partial charge in [0.25, 0.3) is 0 Å². The molecule has 1 saturated heterocycles. The molecule has 0 unspecified atom stereocenters. The third-order valence-corrected chi connectivity index (χ3v) is 3.75. The standard InChI is InChI=1S/C13H16FNO2/c1-16-10-6-9-8-17-13(2-4-15-5-3-13)12(9)11(14)7-10/h6-7,15H,2-5,8H2,1H3. The summed E-state index contributed by atoms with van der Waals surface area (Å²) in [4.78, 5) is 0. The van der Waals surface area contributed by atoms with E-state index in [4.69, 9.17) is 9.47 Å². The fourth-order valence-corrected chi connectivity index (χ4v) is 2.89. The van der Waals surface area contributed by atoms with Crippen molar-refractivity contribution in [2.75, 3.05) is 20.2 Å². The van der Waals surface area contributed by atoms with Gasteiger partial charge in [0.15, 0.2) is 0 Å². The lowest BCUT2D eigenvalue weighted by molar-refractivity contribution is -0.0605. The van der Waals surface area contributed by atoms with Crippen LogP contribution in [0.15, 0.2) is 12.1 Å². The molecule has 2 aliphatic rings. The predicted molar refractivity (Wildman–Crippen MR) is 61.5 cm³/mol. The Kier molecular flexibility index (Phi) is 2.56. The van der Waals surface area contributed by atoms with E-state index in [-0.39, 0.29) is 5.82 Å². The van der Waals surface area contributed by atoms with Gasteiger partial charge >= 0.3 is 0 Å². The molecule has 1 spiro atoms. The van der Waals surface area contributed by atoms with E-state index >= 15 is 0 Å². The number of methoxy groups -OCH3 is 1. The van der Waals surface area contributed by atoms with Crippen LogP contribution in [-0.4, -0.2) is 20.2 Å². The van der Waals surface area contributed by atoms with Gasteiger partial charge in [-0.1, -0.05) is 0 Å². The zero-order valence-electron chi connectivity index (χ0n) is 9.88. The van der Waals surface area contributed by atoms with Crippen molar-refractivity contribution in [3.63, 3.8) is 0 Å². The second-order valence-corrected chi connectivity index (χ2v) is 4.68. The van der Waals surface area contributed by atoms with Gasteiger partial charge in [-0.3, -0.25) is 0 Å². The Balaban J connectivity index is 2.07. The zero-order valence-corrected chi connectivity index (χ0v) is 9.88. The van der Waals surface area contributed by atoms with Crippen molar-refractivity contribution in [3.8, 4) is 5.75 Å². The SMILES string of the molecule is COc1cc(F)c2c(c1)COC21CCNCC1. The molecule has 4 heteroatoms. The van der Waals surface area contributed by atoms with Crippen LogP contribution in [-0.2, 0) is 16.9 Å². The van der Waals surface area contributed by atoms with Crippen molar-refractivity contribution in [2.24, 2.45) is 0 Å². The van der Waals surface area contributed by atoms with Gasteiger partial charge in [-0.2, -0.15) is 0 Å². The molecule has 1 aromatic rings. The molecule has 17 heavy (non-hydrogen) atoms. The fourth-order valence-electron chi connectivity index (χ4n) is 2.89. The lowest BCUT2D eigenvalue weighted by atomic mass is 9.84. The van der Waals surface area contributed by atoms with E-state index in [1.807, 2.05) is 6.07 Å². The number of benzene rings is 1. The fraction of sp³-hybridized carbons (Fsp3) is 0.538. The second kappa shape index (κ2) is 3.96. The Morgan fingerprint density at radius 2 is 2.12 bits per heavy atom. The maximum Gasteiger partial charge on any atom is 0.133 e. The lowest BCUT2D eigenvalue weighted by Crippen LogP contribution is -2.40. The molecule has 0 saturated carbocycles. The van der Waals surface area contributed by atoms with Gasteiger partial charge < -0.3 is 14.8 Å². The van der Waals surface area contributed by atoms with Crippen molar-refractivity contribution in [2.45, 2.75) is 25.0 Å². The van der Waals surface area contributed by atoms with Crippen LogP contribution in [0.4, 0.5) is 4.39 Å². The smallest absolute Gasteiger partial charge is 0.133 e. The Labute approximate surface area is 99.9 Å². The molecule has 0 radical (unpaired) electrons. The number of nitrogens with one attached hydrogen (secondary N) is 1. The van der Waals surface area contributed by atoms with Crippen LogP contribution in [0.2, 0.25) is 0 Å². The minimum Gasteiger partial charge on any atom is -0.497 e. The van der Waals surface area contributed by atoms with Gasteiger partial charge in [-0.05, 0) is 37.6 Å². The normalized spacial score (nSPS) is 21.5. The summed E-state index contributed by atoms with van der Waals surface area (Å²) in [7, 11) is 1.55. The molecule has 0 aliphatic carbocycles. The summed E-state index contributed by atoms with van der Waals surface area (Å²) in [5.74, 6) is 0.370. The van der Waals surface area contributed by atoms with Crippen LogP contribution in [0, 0.1) is 5.82 Å². The van der Waals surface area contributed by atoms with Crippen LogP contribution in [0.25, 0.3) is 0 Å². The van der Waals surface area contributed by atoms with Crippen LogP contribution in [0.3, 0.4) is 0 Å². The number of fused-ring (bicyclic) bond motifs is 2. The van der Waals surface area contributed by atoms with E-state index in [2.05, 4.69) is 5.32 Å². The highest BCUT2D eigenvalue weighted by Gasteiger charge is 2.43. The first-order valence-electron chi connectivity index (χ1n) is 5.97. The molecule has 1 fully saturated rings. The maximum absolute atomic E-state index is 14.2. The predicted octanol–water partition coefficient (Wildman–Crippen LogP) is 1.94. The number of piperidine rings is 1. The molecule has 0 bridgehead atoms. The van der Waals surface area contributed by atoms with E-state index in [1.54, 1.807) is 7.11 Å². The van der Waals surface area contributed by atoms with Gasteiger partial charge in [0, 0.05) is 11.6 Å². The van der Waals surface area contributed by atoms with Crippen molar-refractivity contribution < 1.29 is 13.9 Å². The van der Waals surface area contributed by atoms with Gasteiger partial charge in [0.2, 0.25) is 0 Å². The summed E-state index contributed by atoms with van der Waals surface area (Å²) in [5.41, 5.74) is 1.28. The van der Waals surface area contributed by atoms with Crippen molar-refractivity contribution in [1.82, 2.24) is 5.32 Å². The van der Waals surface area contributed by atoms with Gasteiger partial charge in [0.1, 0.15) is 11.6 Å². The minimum absolute atomic E-state index is 0.196. The van der Waals surface area contributed by atoms with E-state index in [0.29, 0.717) is 12.4 Å². The molecule has 3 nitrogen and oxygen atoms in total. The Hall–Kier alpha value is -1.13. The molecule has 2 heterocycles. The highest BCUT2D eigenvalue weighted by Crippen LogP contribution is 2.45. The van der Waals surface area contributed by atoms with Crippen molar-refractivity contribution >= 4 is 0 Å². The highest BCUT2D eigenvalue weighted by atomic mass is 19.1. The molecule has 0 atom stereocenters. The van der Waals surface area contributed by atoms with Gasteiger partial charge in [-0.25, -0.2) is 4.39 Å². The summed E-state index contributed by atoms with van der Waals surface area (Å²) < 4.78 is 25.2. The second-order valence-electron chi connectivity index (χ2n) is 4.68. The third-order valence-electron chi connectivity index (χ3n) is 3.75. The molecule has 92 valence electrons. The van der Waals surface area contributed by atoms with E-state index < -0.39 is 5.60 Å². The number of hydrogen-bond acceptors (Lipinski definition) is 3. The van der Waals surface area contributed by atoms with E-state index in [1.165, 1.54) is 6.07 Å². The average Bonchev–Trinajstić information content (AvgIpc) is 2.69. The van der Waals surface area contributed by atoms with Crippen LogP contribution >= 0.6 is 0 Å². The van der Waals surface area contributed by atoms with Gasteiger partial charge in [0.05, 0.1) is 19.3 Å². The summed E-state index contributed by atoms with van der Waals surface area (Å²) >= 11 is 0. The first-order chi connectivity index (χ1) is 8.25. The number of ether oxygens (including phenoxy) is 2. The molecule has 3 rings (SSSR count). The zero-order chi connectivity index (χ0) is 11.9. The molecule has 1 N–H and O–H groups in total. The topological polar surface area (TPSA) is 30.5 Å². The Morgan fingerprint density at radius 1 is 1.35 bits per heavy atom. The van der Waals surface area contributed by atoms with Gasteiger partial charge in [-0.15, -0.1) is 0 Å². The number of hydrogen-bond donors (Lipinski definition) is 1. The van der Waals surface area contributed by atoms with Crippen molar-refractivity contribution in [3.05, 3.63) is 29.1 Å². The largest absolute Gasteiger partial charge is 0.497 e. The monoisotopic (exact) mass is 237 g/mol.